The minimum Gasteiger partial charge on any atom is -0.465 e. The van der Waals surface area contributed by atoms with E-state index in [-0.39, 0.29) is 5.91 Å². The van der Waals surface area contributed by atoms with Gasteiger partial charge in [-0.1, -0.05) is 24.9 Å². The van der Waals surface area contributed by atoms with Crippen molar-refractivity contribution < 1.29 is 14.3 Å². The zero-order valence-corrected chi connectivity index (χ0v) is 19.1. The van der Waals surface area contributed by atoms with Crippen molar-refractivity contribution in [2.24, 2.45) is 0 Å². The van der Waals surface area contributed by atoms with Crippen LogP contribution in [0.15, 0.2) is 54.9 Å². The van der Waals surface area contributed by atoms with Gasteiger partial charge in [0.1, 0.15) is 5.00 Å². The average molecular weight is 466 g/mol. The van der Waals surface area contributed by atoms with Crippen LogP contribution in [0.25, 0.3) is 22.2 Å². The van der Waals surface area contributed by atoms with Gasteiger partial charge in [0.2, 0.25) is 0 Å². The van der Waals surface area contributed by atoms with E-state index in [0.717, 1.165) is 23.3 Å². The number of anilines is 1. The number of aromatic nitrogens is 2. The second-order valence-electron chi connectivity index (χ2n) is 7.11. The fraction of sp³-hybridized carbons (Fsp3) is 0.167. The topological polar surface area (TPSA) is 81.2 Å². The molecule has 6 nitrogen and oxygen atoms in total. The first-order valence-electron chi connectivity index (χ1n) is 10.0. The van der Waals surface area contributed by atoms with E-state index < -0.39 is 5.97 Å². The number of nitrogens with one attached hydrogen (secondary N) is 1. The summed E-state index contributed by atoms with van der Waals surface area (Å²) in [6.45, 7) is 2.06. The largest absolute Gasteiger partial charge is 0.465 e. The van der Waals surface area contributed by atoms with Crippen LogP contribution in [0.1, 0.15) is 38.9 Å². The quantitative estimate of drug-likeness (QED) is 0.353. The minimum absolute atomic E-state index is 0.346. The van der Waals surface area contributed by atoms with Crippen LogP contribution >= 0.6 is 22.9 Å². The number of halogens is 1. The van der Waals surface area contributed by atoms with E-state index in [4.69, 9.17) is 16.3 Å². The van der Waals surface area contributed by atoms with Crippen molar-refractivity contribution in [1.82, 2.24) is 9.97 Å². The average Bonchev–Trinajstić information content (AvgIpc) is 3.20. The molecule has 3 aromatic heterocycles. The summed E-state index contributed by atoms with van der Waals surface area (Å²) in [5.41, 5.74) is 2.78. The van der Waals surface area contributed by atoms with Crippen LogP contribution in [0.3, 0.4) is 0 Å². The SMILES string of the molecule is CCCc1cc(C(=O)OC)c(NC(=O)c2cc(-c3cccnc3)nc3ccc(Cl)cc23)s1. The molecule has 1 aromatic carbocycles. The van der Waals surface area contributed by atoms with Gasteiger partial charge in [-0.15, -0.1) is 11.3 Å². The zero-order chi connectivity index (χ0) is 22.7. The molecule has 0 fully saturated rings. The Labute approximate surface area is 194 Å². The summed E-state index contributed by atoms with van der Waals surface area (Å²) in [6.07, 6.45) is 5.11. The van der Waals surface area contributed by atoms with Crippen LogP contribution in [0.4, 0.5) is 5.00 Å². The zero-order valence-electron chi connectivity index (χ0n) is 17.5. The van der Waals surface area contributed by atoms with Crippen LogP contribution in [0.2, 0.25) is 5.02 Å². The molecule has 0 aliphatic rings. The summed E-state index contributed by atoms with van der Waals surface area (Å²) in [7, 11) is 1.32. The minimum atomic E-state index is -0.488. The van der Waals surface area contributed by atoms with Crippen molar-refractivity contribution in [2.75, 3.05) is 12.4 Å². The number of carbonyl (C=O) groups is 2. The normalized spacial score (nSPS) is 10.8. The summed E-state index contributed by atoms with van der Waals surface area (Å²) in [6, 6.07) is 12.4. The number of ether oxygens (including phenoxy) is 1. The third-order valence-corrected chi connectivity index (χ3v) is 6.23. The van der Waals surface area contributed by atoms with E-state index in [1.54, 1.807) is 42.7 Å². The number of thiophene rings is 1. The van der Waals surface area contributed by atoms with E-state index in [9.17, 15) is 9.59 Å². The van der Waals surface area contributed by atoms with E-state index in [0.29, 0.717) is 37.7 Å². The van der Waals surface area contributed by atoms with Crippen molar-refractivity contribution in [3.63, 3.8) is 0 Å². The molecule has 0 spiro atoms. The highest BCUT2D eigenvalue weighted by Crippen LogP contribution is 2.32. The van der Waals surface area contributed by atoms with Gasteiger partial charge in [0.25, 0.3) is 5.91 Å². The first-order valence-corrected chi connectivity index (χ1v) is 11.2. The second-order valence-corrected chi connectivity index (χ2v) is 8.68. The highest BCUT2D eigenvalue weighted by atomic mass is 35.5. The number of hydrogen-bond donors (Lipinski definition) is 1. The fourth-order valence-electron chi connectivity index (χ4n) is 3.38. The third kappa shape index (κ3) is 4.49. The third-order valence-electron chi connectivity index (χ3n) is 4.88. The monoisotopic (exact) mass is 465 g/mol. The molecule has 1 amide bonds. The number of benzene rings is 1. The Morgan fingerprint density at radius 1 is 1.16 bits per heavy atom. The van der Waals surface area contributed by atoms with Crippen molar-refractivity contribution in [1.29, 1.82) is 0 Å². The molecule has 4 rings (SSSR count). The van der Waals surface area contributed by atoms with E-state index in [1.807, 2.05) is 12.1 Å². The molecule has 162 valence electrons. The highest BCUT2D eigenvalue weighted by Gasteiger charge is 2.21. The predicted molar refractivity (Wildman–Crippen MR) is 128 cm³/mol. The number of carbonyl (C=O) groups excluding carboxylic acids is 2. The molecule has 0 aliphatic carbocycles. The number of methoxy groups -OCH3 is 1. The molecule has 0 atom stereocenters. The number of aryl methyl sites for hydroxylation is 1. The summed E-state index contributed by atoms with van der Waals surface area (Å²) in [5.74, 6) is -0.850. The number of rotatable bonds is 6. The van der Waals surface area contributed by atoms with Crippen molar-refractivity contribution in [2.45, 2.75) is 19.8 Å². The number of hydrogen-bond acceptors (Lipinski definition) is 6. The Balaban J connectivity index is 1.80. The molecule has 32 heavy (non-hydrogen) atoms. The maximum absolute atomic E-state index is 13.4. The molecule has 0 radical (unpaired) electrons. The van der Waals surface area contributed by atoms with E-state index in [2.05, 4.69) is 22.2 Å². The number of amides is 1. The summed E-state index contributed by atoms with van der Waals surface area (Å²) < 4.78 is 4.90. The maximum atomic E-state index is 13.4. The lowest BCUT2D eigenvalue weighted by Gasteiger charge is -2.11. The van der Waals surface area contributed by atoms with Crippen LogP contribution in [-0.4, -0.2) is 29.0 Å². The van der Waals surface area contributed by atoms with Gasteiger partial charge in [0.15, 0.2) is 0 Å². The molecule has 4 aromatic rings. The molecular formula is C24H20ClN3O3S. The lowest BCUT2D eigenvalue weighted by molar-refractivity contribution is 0.0602. The molecule has 1 N–H and O–H groups in total. The molecule has 8 heteroatoms. The number of fused-ring (bicyclic) bond motifs is 1. The van der Waals surface area contributed by atoms with Crippen molar-refractivity contribution in [3.8, 4) is 11.3 Å². The molecular weight excluding hydrogens is 446 g/mol. The molecule has 0 aliphatic heterocycles. The van der Waals surface area contributed by atoms with Crippen LogP contribution < -0.4 is 5.32 Å². The van der Waals surface area contributed by atoms with Gasteiger partial charge in [-0.3, -0.25) is 9.78 Å². The second kappa shape index (κ2) is 9.46. The summed E-state index contributed by atoms with van der Waals surface area (Å²) >= 11 is 7.58. The van der Waals surface area contributed by atoms with Crippen LogP contribution in [-0.2, 0) is 11.2 Å². The van der Waals surface area contributed by atoms with Crippen LogP contribution in [0, 0.1) is 0 Å². The molecule has 0 saturated heterocycles. The van der Waals surface area contributed by atoms with Gasteiger partial charge < -0.3 is 10.1 Å². The number of nitrogens with zero attached hydrogens (tertiary/aromatic N) is 2. The summed E-state index contributed by atoms with van der Waals surface area (Å²) in [4.78, 5) is 35.5. The van der Waals surface area contributed by atoms with Gasteiger partial charge in [-0.05, 0) is 48.9 Å². The first-order chi connectivity index (χ1) is 15.5. The van der Waals surface area contributed by atoms with Crippen LogP contribution in [0.5, 0.6) is 0 Å². The molecule has 0 saturated carbocycles. The Morgan fingerprint density at radius 2 is 2.00 bits per heavy atom. The van der Waals surface area contributed by atoms with Gasteiger partial charge >= 0.3 is 5.97 Å². The lowest BCUT2D eigenvalue weighted by Crippen LogP contribution is -2.14. The molecule has 0 bridgehead atoms. The Hall–Kier alpha value is -3.29. The van der Waals surface area contributed by atoms with Crippen molar-refractivity contribution in [3.05, 3.63) is 75.9 Å². The first kappa shape index (κ1) is 21.9. The standard InChI is InChI=1S/C24H20ClN3O3S/c1-3-5-16-11-19(24(30)31-2)23(32-16)28-22(29)18-12-21(14-6-4-9-26-13-14)27-20-8-7-15(25)10-17(18)20/h4,6-13H,3,5H2,1-2H3,(H,28,29). The van der Waals surface area contributed by atoms with E-state index >= 15 is 0 Å². The van der Waals surface area contributed by atoms with Gasteiger partial charge in [0, 0.05) is 33.2 Å². The van der Waals surface area contributed by atoms with Gasteiger partial charge in [-0.2, -0.15) is 0 Å². The van der Waals surface area contributed by atoms with E-state index in [1.165, 1.54) is 18.4 Å². The Morgan fingerprint density at radius 3 is 2.72 bits per heavy atom. The maximum Gasteiger partial charge on any atom is 0.340 e. The van der Waals surface area contributed by atoms with Gasteiger partial charge in [-0.25, -0.2) is 9.78 Å². The Kier molecular flexibility index (Phi) is 6.48. The lowest BCUT2D eigenvalue weighted by atomic mass is 10.0. The summed E-state index contributed by atoms with van der Waals surface area (Å²) in [5, 5.41) is 4.48. The Bertz CT molecular complexity index is 1300. The molecule has 3 heterocycles. The van der Waals surface area contributed by atoms with Gasteiger partial charge in [0.05, 0.1) is 29.4 Å². The number of pyridine rings is 2. The number of esters is 1. The molecule has 0 unspecified atom stereocenters. The smallest absolute Gasteiger partial charge is 0.340 e. The highest BCUT2D eigenvalue weighted by molar-refractivity contribution is 7.16. The fourth-order valence-corrected chi connectivity index (χ4v) is 4.70. The van der Waals surface area contributed by atoms with Crippen molar-refractivity contribution >= 4 is 50.7 Å². The predicted octanol–water partition coefficient (Wildman–Crippen LogP) is 6.00.